The van der Waals surface area contributed by atoms with Gasteiger partial charge in [-0.25, -0.2) is 8.42 Å². The van der Waals surface area contributed by atoms with Crippen LogP contribution in [0.4, 0.5) is 0 Å². The van der Waals surface area contributed by atoms with Crippen molar-refractivity contribution in [2.24, 2.45) is 0 Å². The van der Waals surface area contributed by atoms with E-state index in [1.54, 1.807) is 48.5 Å². The summed E-state index contributed by atoms with van der Waals surface area (Å²) in [5, 5.41) is 2.86. The van der Waals surface area contributed by atoms with E-state index in [-0.39, 0.29) is 46.0 Å². The molecule has 4 aromatic carbocycles. The maximum Gasteiger partial charge on any atom is 1.00 e. The Morgan fingerprint density at radius 3 is 1.65 bits per heavy atom. The largest absolute Gasteiger partial charge is 1.00 e. The van der Waals surface area contributed by atoms with Gasteiger partial charge in [0.25, 0.3) is 10.1 Å². The quantitative estimate of drug-likeness (QED) is 0.129. The van der Waals surface area contributed by atoms with Gasteiger partial charge in [0.1, 0.15) is 15.0 Å². The molecule has 0 aliphatic carbocycles. The molecule has 0 atom stereocenters. The Labute approximate surface area is 242 Å². The molecule has 4 aromatic rings. The molecule has 0 fully saturated rings. The molecule has 4 rings (SSSR count). The molecule has 0 aliphatic heterocycles. The summed E-state index contributed by atoms with van der Waals surface area (Å²) in [5.74, 6) is 0. The number of benzene rings is 4. The van der Waals surface area contributed by atoms with Gasteiger partial charge in [-0.1, -0.05) is 112 Å². The van der Waals surface area contributed by atoms with Crippen molar-refractivity contribution in [1.29, 1.82) is 0 Å². The van der Waals surface area contributed by atoms with Crippen molar-refractivity contribution in [3.63, 3.8) is 0 Å². The monoisotopic (exact) mass is 550 g/mol. The topological polar surface area (TPSA) is 101 Å². The smallest absolute Gasteiger partial charge is 0.744 e. The first kappa shape index (κ1) is 31.4. The minimum atomic E-state index is -4.38. The summed E-state index contributed by atoms with van der Waals surface area (Å²) >= 11 is 0. The molecular weight excluding hydrogens is 519 g/mol. The average Bonchev–Trinajstić information content (AvgIpc) is 2.87. The molecule has 0 unspecified atom stereocenters. The first-order valence-electron chi connectivity index (χ1n) is 12.0. The van der Waals surface area contributed by atoms with Gasteiger partial charge in [0.2, 0.25) is 0 Å². The number of fused-ring (bicyclic) bond motifs is 2. The van der Waals surface area contributed by atoms with E-state index in [2.05, 4.69) is 6.92 Å². The van der Waals surface area contributed by atoms with Crippen LogP contribution in [-0.2, 0) is 24.4 Å². The van der Waals surface area contributed by atoms with E-state index >= 15 is 0 Å². The third-order valence-corrected chi connectivity index (χ3v) is 8.04. The first-order chi connectivity index (χ1) is 17.2. The minimum absolute atomic E-state index is 0. The summed E-state index contributed by atoms with van der Waals surface area (Å²) in [4.78, 5) is 0.104. The molecule has 0 bridgehead atoms. The molecule has 0 amide bonds. The number of hydrogen-bond donors (Lipinski definition) is 0. The molecule has 0 spiro atoms. The second kappa shape index (κ2) is 15.0. The SMILES string of the molecule is CCCCCCCCOS(=O)(=O)c1cccc2ccccc12.O=S(=O)([O-])c1cccc2ccccc12.[Na+]. The Morgan fingerprint density at radius 1 is 0.622 bits per heavy atom. The van der Waals surface area contributed by atoms with Crippen LogP contribution in [0.25, 0.3) is 21.5 Å². The Bertz CT molecular complexity index is 1490. The molecule has 0 aliphatic rings. The fourth-order valence-electron chi connectivity index (χ4n) is 3.94. The van der Waals surface area contributed by atoms with Crippen LogP contribution in [-0.4, -0.2) is 28.0 Å². The van der Waals surface area contributed by atoms with Crippen molar-refractivity contribution in [2.45, 2.75) is 55.2 Å². The predicted molar refractivity (Wildman–Crippen MR) is 142 cm³/mol. The van der Waals surface area contributed by atoms with Crippen LogP contribution in [0.15, 0.2) is 94.7 Å². The molecule has 37 heavy (non-hydrogen) atoms. The van der Waals surface area contributed by atoms with Gasteiger partial charge >= 0.3 is 29.6 Å². The molecule has 9 heteroatoms. The van der Waals surface area contributed by atoms with Gasteiger partial charge < -0.3 is 4.55 Å². The Kier molecular flexibility index (Phi) is 12.7. The van der Waals surface area contributed by atoms with Crippen LogP contribution < -0.4 is 29.6 Å². The van der Waals surface area contributed by atoms with E-state index < -0.39 is 20.2 Å². The fourth-order valence-corrected chi connectivity index (χ4v) is 5.81. The first-order valence-corrected chi connectivity index (χ1v) is 14.9. The van der Waals surface area contributed by atoms with Gasteiger partial charge in [-0.2, -0.15) is 8.42 Å². The maximum atomic E-state index is 12.4. The summed E-state index contributed by atoms with van der Waals surface area (Å²) in [5.41, 5.74) is 0. The van der Waals surface area contributed by atoms with Gasteiger partial charge in [0.05, 0.1) is 11.5 Å². The van der Waals surface area contributed by atoms with Crippen LogP contribution in [0.3, 0.4) is 0 Å². The van der Waals surface area contributed by atoms with Crippen molar-refractivity contribution < 1.29 is 55.1 Å². The molecule has 0 saturated heterocycles. The average molecular weight is 551 g/mol. The van der Waals surface area contributed by atoms with E-state index in [0.717, 1.165) is 30.0 Å². The fraction of sp³-hybridized carbons (Fsp3) is 0.286. The van der Waals surface area contributed by atoms with Crippen molar-refractivity contribution in [2.75, 3.05) is 6.61 Å². The number of unbranched alkanes of at least 4 members (excludes halogenated alkanes) is 5. The minimum Gasteiger partial charge on any atom is -0.744 e. The second-order valence-electron chi connectivity index (χ2n) is 8.45. The summed E-state index contributed by atoms with van der Waals surface area (Å²) in [6.45, 7) is 2.44. The molecule has 0 saturated carbocycles. The van der Waals surface area contributed by atoms with Crippen LogP contribution in [0.5, 0.6) is 0 Å². The molecule has 6 nitrogen and oxygen atoms in total. The maximum absolute atomic E-state index is 12.4. The Morgan fingerprint density at radius 2 is 1.08 bits per heavy atom. The molecular formula is C28H31NaO6S2. The third kappa shape index (κ3) is 9.18. The van der Waals surface area contributed by atoms with Crippen LogP contribution in [0, 0.1) is 0 Å². The van der Waals surface area contributed by atoms with Crippen molar-refractivity contribution in [3.8, 4) is 0 Å². The van der Waals surface area contributed by atoms with Gasteiger partial charge in [0.15, 0.2) is 0 Å². The zero-order valence-corrected chi connectivity index (χ0v) is 24.9. The van der Waals surface area contributed by atoms with Crippen LogP contribution in [0.2, 0.25) is 0 Å². The summed E-state index contributed by atoms with van der Waals surface area (Å²) < 4.78 is 62.6. The molecule has 0 N–H and O–H groups in total. The second-order valence-corrected chi connectivity index (χ2v) is 11.4. The van der Waals surface area contributed by atoms with E-state index in [4.69, 9.17) is 4.18 Å². The zero-order valence-electron chi connectivity index (χ0n) is 21.3. The third-order valence-electron chi connectivity index (χ3n) is 5.77. The van der Waals surface area contributed by atoms with E-state index in [1.165, 1.54) is 25.3 Å². The molecule has 192 valence electrons. The van der Waals surface area contributed by atoms with Crippen LogP contribution in [0.1, 0.15) is 45.4 Å². The van der Waals surface area contributed by atoms with Gasteiger partial charge in [-0.05, 0) is 34.7 Å². The molecule has 0 radical (unpaired) electrons. The van der Waals surface area contributed by atoms with Gasteiger partial charge in [-0.3, -0.25) is 4.18 Å². The molecule has 0 heterocycles. The van der Waals surface area contributed by atoms with E-state index in [9.17, 15) is 21.4 Å². The van der Waals surface area contributed by atoms with Gasteiger partial charge in [-0.15, -0.1) is 0 Å². The zero-order chi connectivity index (χ0) is 26.0. The summed E-state index contributed by atoms with van der Waals surface area (Å²) in [7, 11) is -8.06. The van der Waals surface area contributed by atoms with E-state index in [1.807, 2.05) is 30.3 Å². The number of rotatable bonds is 10. The van der Waals surface area contributed by atoms with Crippen molar-refractivity contribution >= 4 is 41.8 Å². The normalized spacial score (nSPS) is 11.5. The van der Waals surface area contributed by atoms with Crippen molar-refractivity contribution in [3.05, 3.63) is 84.9 Å². The predicted octanol–water partition coefficient (Wildman–Crippen LogP) is 3.65. The molecule has 0 aromatic heterocycles. The summed E-state index contributed by atoms with van der Waals surface area (Å²) in [6, 6.07) is 24.3. The Hall–Kier alpha value is -1.78. The van der Waals surface area contributed by atoms with E-state index in [0.29, 0.717) is 10.8 Å². The standard InChI is InChI=1S/C18H24O3S.C10H8O3S.Na/c1-2-3-4-5-6-9-15-21-22(19,20)18-14-10-12-16-11-7-8-13-17(16)18;11-14(12,13)10-7-3-5-8-4-1-2-6-9(8)10;/h7-8,10-14H,2-6,9,15H2,1H3;1-7H,(H,11,12,13);/q;;+1/p-1. The Balaban J connectivity index is 0.000000277. The number of hydrogen-bond acceptors (Lipinski definition) is 6. The van der Waals surface area contributed by atoms with Crippen molar-refractivity contribution in [1.82, 2.24) is 0 Å². The van der Waals surface area contributed by atoms with Crippen LogP contribution >= 0.6 is 0 Å². The summed E-state index contributed by atoms with van der Waals surface area (Å²) in [6.07, 6.45) is 6.62. The van der Waals surface area contributed by atoms with Gasteiger partial charge in [0, 0.05) is 5.39 Å².